The number of guanidine groups is 1. The average Bonchev–Trinajstić information content (AvgIpc) is 2.87. The minimum atomic E-state index is -0.783. The first-order valence-electron chi connectivity index (χ1n) is 11.8. The molecule has 0 heterocycles. The maximum absolute atomic E-state index is 13.1. The molecule has 0 bridgehead atoms. The molecule has 0 aliphatic carbocycles. The monoisotopic (exact) mass is 536 g/mol. The fraction of sp³-hybridized carbons (Fsp3) is 0.185. The van der Waals surface area contributed by atoms with Crippen LogP contribution in [0.15, 0.2) is 71.7 Å². The number of halogens is 1. The van der Waals surface area contributed by atoms with E-state index in [0.717, 1.165) is 0 Å². The molecule has 0 fully saturated rings. The summed E-state index contributed by atoms with van der Waals surface area (Å²) in [4.78, 5) is 42.0. The number of benzene rings is 3. The van der Waals surface area contributed by atoms with Crippen LogP contribution in [0.2, 0.25) is 5.02 Å². The van der Waals surface area contributed by atoms with Crippen molar-refractivity contribution in [3.8, 4) is 5.75 Å². The van der Waals surface area contributed by atoms with Crippen molar-refractivity contribution in [2.24, 2.45) is 22.2 Å². The minimum Gasteiger partial charge on any atom is -0.508 e. The van der Waals surface area contributed by atoms with Gasteiger partial charge in [0.15, 0.2) is 11.7 Å². The van der Waals surface area contributed by atoms with Gasteiger partial charge in [-0.05, 0) is 73.0 Å². The number of rotatable bonds is 12. The Hall–Kier alpha value is -4.57. The van der Waals surface area contributed by atoms with Gasteiger partial charge in [-0.3, -0.25) is 19.4 Å². The van der Waals surface area contributed by atoms with E-state index in [9.17, 15) is 19.5 Å². The first kappa shape index (κ1) is 28.0. The second kappa shape index (κ2) is 13.1. The third-order valence-electron chi connectivity index (χ3n) is 5.58. The molecule has 0 aromatic heterocycles. The number of amides is 2. The number of anilines is 2. The molecule has 0 aliphatic heterocycles. The van der Waals surface area contributed by atoms with Crippen LogP contribution in [0.1, 0.15) is 34.3 Å². The van der Waals surface area contributed by atoms with Gasteiger partial charge in [-0.15, -0.1) is 0 Å². The van der Waals surface area contributed by atoms with Crippen LogP contribution >= 0.6 is 11.6 Å². The number of nitrogens with one attached hydrogen (secondary N) is 2. The van der Waals surface area contributed by atoms with Crippen molar-refractivity contribution in [2.45, 2.75) is 25.3 Å². The number of ketones is 1. The third kappa shape index (κ3) is 8.24. The van der Waals surface area contributed by atoms with E-state index in [1.807, 2.05) is 0 Å². The molecule has 198 valence electrons. The zero-order chi connectivity index (χ0) is 27.7. The van der Waals surface area contributed by atoms with Gasteiger partial charge in [0.05, 0.1) is 17.8 Å². The molecule has 9 N–H and O–H groups in total. The fourth-order valence-corrected chi connectivity index (χ4v) is 3.78. The van der Waals surface area contributed by atoms with Gasteiger partial charge in [0, 0.05) is 22.7 Å². The lowest BCUT2D eigenvalue weighted by Crippen LogP contribution is -2.36. The number of primary amides is 1. The molecular formula is C27H29ClN6O4. The van der Waals surface area contributed by atoms with Gasteiger partial charge in [0.2, 0.25) is 11.8 Å². The lowest BCUT2D eigenvalue weighted by atomic mass is 10.0. The summed E-state index contributed by atoms with van der Waals surface area (Å²) in [6.07, 6.45) is 0.833. The summed E-state index contributed by atoms with van der Waals surface area (Å²) >= 11 is 5.94. The summed E-state index contributed by atoms with van der Waals surface area (Å²) < 4.78 is 0. The summed E-state index contributed by atoms with van der Waals surface area (Å²) in [5.41, 5.74) is 18.4. The van der Waals surface area contributed by atoms with E-state index in [2.05, 4.69) is 15.6 Å². The molecule has 10 nitrogen and oxygen atoms in total. The van der Waals surface area contributed by atoms with Crippen LogP contribution in [-0.4, -0.2) is 41.3 Å². The summed E-state index contributed by atoms with van der Waals surface area (Å²) in [5.74, 6) is -1.19. The first-order valence-corrected chi connectivity index (χ1v) is 12.1. The standard InChI is InChI=1S/C27H29ClN6O4/c28-19-8-5-17(6-9-19)25(37)18-7-12-21(33-22(26(29)38)2-1-13-32-27(30)31)23(15-18)34-24(36)14-16-3-10-20(35)11-4-16/h3-12,15,22,33,35H,1-2,13-14H2,(H2,29,38)(H,34,36)(H4,30,31,32)/t22-/m1/s1. The molecule has 0 unspecified atom stereocenters. The van der Waals surface area contributed by atoms with Crippen LogP contribution in [0.3, 0.4) is 0 Å². The van der Waals surface area contributed by atoms with Gasteiger partial charge < -0.3 is 32.9 Å². The summed E-state index contributed by atoms with van der Waals surface area (Å²) in [6.45, 7) is 0.318. The topological polar surface area (TPSA) is 186 Å². The largest absolute Gasteiger partial charge is 0.508 e. The van der Waals surface area contributed by atoms with E-state index in [1.165, 1.54) is 18.2 Å². The molecule has 0 radical (unpaired) electrons. The van der Waals surface area contributed by atoms with Crippen molar-refractivity contribution in [2.75, 3.05) is 17.2 Å². The molecule has 0 saturated carbocycles. The number of nitrogens with zero attached hydrogens (tertiary/aromatic N) is 1. The molecule has 0 saturated heterocycles. The number of phenolic OH excluding ortho intramolecular Hbond substituents is 1. The molecular weight excluding hydrogens is 508 g/mol. The first-order chi connectivity index (χ1) is 18.1. The zero-order valence-electron chi connectivity index (χ0n) is 20.5. The lowest BCUT2D eigenvalue weighted by molar-refractivity contribution is -0.119. The zero-order valence-corrected chi connectivity index (χ0v) is 21.2. The SMILES string of the molecule is NC(=O)[C@@H](CCCN=C(N)N)Nc1ccc(C(=O)c2ccc(Cl)cc2)cc1NC(=O)Cc1ccc(O)cc1. The van der Waals surface area contributed by atoms with Gasteiger partial charge in [-0.1, -0.05) is 23.7 Å². The predicted octanol–water partition coefficient (Wildman–Crippen LogP) is 2.78. The molecule has 11 heteroatoms. The third-order valence-corrected chi connectivity index (χ3v) is 5.83. The molecule has 3 aromatic carbocycles. The van der Waals surface area contributed by atoms with Gasteiger partial charge in [-0.2, -0.15) is 0 Å². The molecule has 3 aromatic rings. The number of aliphatic imine (C=N–C) groups is 1. The van der Waals surface area contributed by atoms with Crippen molar-refractivity contribution >= 4 is 46.5 Å². The highest BCUT2D eigenvalue weighted by Gasteiger charge is 2.19. The number of aromatic hydroxyl groups is 1. The van der Waals surface area contributed by atoms with Crippen LogP contribution in [-0.2, 0) is 16.0 Å². The van der Waals surface area contributed by atoms with Crippen molar-refractivity contribution < 1.29 is 19.5 Å². The second-order valence-corrected chi connectivity index (χ2v) is 8.97. The van der Waals surface area contributed by atoms with Gasteiger partial charge in [0.25, 0.3) is 0 Å². The van der Waals surface area contributed by atoms with Crippen LogP contribution in [0.4, 0.5) is 11.4 Å². The average molecular weight is 537 g/mol. The quantitative estimate of drug-likeness (QED) is 0.0888. The number of nitrogens with two attached hydrogens (primary N) is 3. The number of carbonyl (C=O) groups excluding carboxylic acids is 3. The fourth-order valence-electron chi connectivity index (χ4n) is 3.65. The highest BCUT2D eigenvalue weighted by molar-refractivity contribution is 6.30. The van der Waals surface area contributed by atoms with E-state index < -0.39 is 11.9 Å². The Morgan fingerprint density at radius 1 is 0.895 bits per heavy atom. The van der Waals surface area contributed by atoms with E-state index in [-0.39, 0.29) is 29.8 Å². The normalized spacial score (nSPS) is 11.3. The number of carbonyl (C=O) groups is 3. The Kier molecular flexibility index (Phi) is 9.66. The maximum atomic E-state index is 13.1. The number of hydrogen-bond acceptors (Lipinski definition) is 6. The van der Waals surface area contributed by atoms with Gasteiger partial charge >= 0.3 is 0 Å². The smallest absolute Gasteiger partial charge is 0.239 e. The minimum absolute atomic E-state index is 0.0207. The Morgan fingerprint density at radius 2 is 1.55 bits per heavy atom. The predicted molar refractivity (Wildman–Crippen MR) is 148 cm³/mol. The molecule has 1 atom stereocenters. The molecule has 0 aliphatic rings. The Morgan fingerprint density at radius 3 is 2.18 bits per heavy atom. The molecule has 3 rings (SSSR count). The van der Waals surface area contributed by atoms with Gasteiger partial charge in [-0.25, -0.2) is 0 Å². The molecule has 38 heavy (non-hydrogen) atoms. The van der Waals surface area contributed by atoms with Crippen molar-refractivity contribution in [1.82, 2.24) is 0 Å². The van der Waals surface area contributed by atoms with Crippen molar-refractivity contribution in [3.63, 3.8) is 0 Å². The highest BCUT2D eigenvalue weighted by atomic mass is 35.5. The lowest BCUT2D eigenvalue weighted by Gasteiger charge is -2.20. The molecule has 2 amide bonds. The van der Waals surface area contributed by atoms with E-state index in [4.69, 9.17) is 28.8 Å². The van der Waals surface area contributed by atoms with E-state index >= 15 is 0 Å². The summed E-state index contributed by atoms with van der Waals surface area (Å²) in [5, 5.41) is 15.9. The van der Waals surface area contributed by atoms with Crippen LogP contribution in [0, 0.1) is 0 Å². The Bertz CT molecular complexity index is 1320. The van der Waals surface area contributed by atoms with Crippen LogP contribution in [0.5, 0.6) is 5.75 Å². The van der Waals surface area contributed by atoms with Crippen LogP contribution in [0.25, 0.3) is 0 Å². The molecule has 0 spiro atoms. The van der Waals surface area contributed by atoms with Crippen LogP contribution < -0.4 is 27.8 Å². The van der Waals surface area contributed by atoms with Crippen molar-refractivity contribution in [3.05, 3.63) is 88.4 Å². The van der Waals surface area contributed by atoms with E-state index in [0.29, 0.717) is 52.5 Å². The Labute approximate surface area is 224 Å². The Balaban J connectivity index is 1.87. The second-order valence-electron chi connectivity index (χ2n) is 8.54. The number of hydrogen-bond donors (Lipinski definition) is 6. The van der Waals surface area contributed by atoms with Crippen molar-refractivity contribution in [1.29, 1.82) is 0 Å². The summed E-state index contributed by atoms with van der Waals surface area (Å²) in [7, 11) is 0. The van der Waals surface area contributed by atoms with E-state index in [1.54, 1.807) is 48.5 Å². The van der Waals surface area contributed by atoms with Gasteiger partial charge in [0.1, 0.15) is 11.8 Å². The number of phenols is 1. The summed E-state index contributed by atoms with van der Waals surface area (Å²) in [6, 6.07) is 16.6. The maximum Gasteiger partial charge on any atom is 0.239 e. The highest BCUT2D eigenvalue weighted by Crippen LogP contribution is 2.27.